The zero-order valence-corrected chi connectivity index (χ0v) is 13.5. The van der Waals surface area contributed by atoms with Crippen molar-refractivity contribution in [3.05, 3.63) is 65.2 Å². The number of aryl methyl sites for hydroxylation is 1. The van der Waals surface area contributed by atoms with E-state index in [0.29, 0.717) is 17.6 Å². The summed E-state index contributed by atoms with van der Waals surface area (Å²) < 4.78 is 0. The van der Waals surface area contributed by atoms with Crippen molar-refractivity contribution in [3.8, 4) is 0 Å². The van der Waals surface area contributed by atoms with Gasteiger partial charge in [0.15, 0.2) is 0 Å². The third-order valence-electron chi connectivity index (χ3n) is 4.48. The van der Waals surface area contributed by atoms with Crippen molar-refractivity contribution in [2.45, 2.75) is 13.3 Å². The van der Waals surface area contributed by atoms with Gasteiger partial charge in [0.1, 0.15) is 11.0 Å². The Bertz CT molecular complexity index is 924. The number of carbonyl (C=O) groups excluding carboxylic acids is 1. The third-order valence-corrected chi connectivity index (χ3v) is 4.48. The van der Waals surface area contributed by atoms with E-state index in [0.717, 1.165) is 18.5 Å². The second-order valence-electron chi connectivity index (χ2n) is 6.12. The van der Waals surface area contributed by atoms with Crippen molar-refractivity contribution in [1.82, 2.24) is 20.3 Å². The Morgan fingerprint density at radius 1 is 1.08 bits per heavy atom. The predicted octanol–water partition coefficient (Wildman–Crippen LogP) is 3.20. The molecular weight excluding hydrogens is 300 g/mol. The fraction of sp³-hybridized carbons (Fsp3) is 0.211. The second-order valence-corrected chi connectivity index (χ2v) is 6.12. The molecule has 0 saturated heterocycles. The van der Waals surface area contributed by atoms with Gasteiger partial charge in [0.05, 0.1) is 0 Å². The van der Waals surface area contributed by atoms with Gasteiger partial charge in [0.2, 0.25) is 0 Å². The number of carbonyl (C=O) groups is 1. The van der Waals surface area contributed by atoms with E-state index in [9.17, 15) is 4.79 Å². The first-order valence-corrected chi connectivity index (χ1v) is 8.06. The number of benzene rings is 2. The fourth-order valence-electron chi connectivity index (χ4n) is 3.04. The molecule has 1 aliphatic heterocycles. The SMILES string of the molecule is Cc1ccc(C2=CCN(C(=O)c3ccc4n[nH]nc4c3)CC2)cc1. The van der Waals surface area contributed by atoms with Gasteiger partial charge in [-0.15, -0.1) is 0 Å². The van der Waals surface area contributed by atoms with Crippen LogP contribution in [0, 0.1) is 6.92 Å². The first kappa shape index (κ1) is 14.6. The van der Waals surface area contributed by atoms with Crippen molar-refractivity contribution in [2.75, 3.05) is 13.1 Å². The molecule has 4 rings (SSSR count). The van der Waals surface area contributed by atoms with Crippen molar-refractivity contribution in [3.63, 3.8) is 0 Å². The third kappa shape index (κ3) is 2.69. The van der Waals surface area contributed by atoms with Gasteiger partial charge in [-0.05, 0) is 42.7 Å². The van der Waals surface area contributed by atoms with E-state index in [1.807, 2.05) is 17.0 Å². The number of nitrogens with zero attached hydrogens (tertiary/aromatic N) is 3. The van der Waals surface area contributed by atoms with Crippen LogP contribution in [0.2, 0.25) is 0 Å². The van der Waals surface area contributed by atoms with Gasteiger partial charge in [-0.25, -0.2) is 0 Å². The largest absolute Gasteiger partial charge is 0.335 e. The van der Waals surface area contributed by atoms with Crippen LogP contribution in [-0.4, -0.2) is 39.3 Å². The minimum atomic E-state index is 0.0408. The molecule has 3 aromatic rings. The highest BCUT2D eigenvalue weighted by molar-refractivity contribution is 5.97. The summed E-state index contributed by atoms with van der Waals surface area (Å²) in [6.45, 7) is 3.46. The molecule has 2 heterocycles. The molecular formula is C19H18N4O. The zero-order valence-electron chi connectivity index (χ0n) is 13.5. The Balaban J connectivity index is 1.51. The lowest BCUT2D eigenvalue weighted by Gasteiger charge is -2.26. The van der Waals surface area contributed by atoms with Gasteiger partial charge in [0, 0.05) is 18.7 Å². The summed E-state index contributed by atoms with van der Waals surface area (Å²) in [6, 6.07) is 14.0. The average Bonchev–Trinajstić information content (AvgIpc) is 3.09. The van der Waals surface area contributed by atoms with E-state index < -0.39 is 0 Å². The number of fused-ring (bicyclic) bond motifs is 1. The Kier molecular flexibility index (Phi) is 3.61. The normalized spacial score (nSPS) is 14.7. The molecule has 0 spiro atoms. The number of nitrogens with one attached hydrogen (secondary N) is 1. The minimum absolute atomic E-state index is 0.0408. The van der Waals surface area contributed by atoms with E-state index in [2.05, 4.69) is 52.7 Å². The molecule has 0 bridgehead atoms. The molecule has 0 saturated carbocycles. The van der Waals surface area contributed by atoms with Crippen LogP contribution in [0.25, 0.3) is 16.6 Å². The Labute approximate surface area is 140 Å². The number of rotatable bonds is 2. The predicted molar refractivity (Wildman–Crippen MR) is 93.6 cm³/mol. The summed E-state index contributed by atoms with van der Waals surface area (Å²) in [5.41, 5.74) is 5.96. The molecule has 0 radical (unpaired) electrons. The molecule has 1 aliphatic rings. The lowest BCUT2D eigenvalue weighted by molar-refractivity contribution is 0.0773. The van der Waals surface area contributed by atoms with Crippen LogP contribution < -0.4 is 0 Å². The van der Waals surface area contributed by atoms with Gasteiger partial charge in [-0.2, -0.15) is 15.4 Å². The van der Waals surface area contributed by atoms with E-state index in [1.54, 1.807) is 6.07 Å². The molecule has 0 fully saturated rings. The summed E-state index contributed by atoms with van der Waals surface area (Å²) in [7, 11) is 0. The lowest BCUT2D eigenvalue weighted by Crippen LogP contribution is -2.34. The van der Waals surface area contributed by atoms with Crippen LogP contribution in [0.3, 0.4) is 0 Å². The highest BCUT2D eigenvalue weighted by Crippen LogP contribution is 2.24. The van der Waals surface area contributed by atoms with Crippen molar-refractivity contribution < 1.29 is 4.79 Å². The van der Waals surface area contributed by atoms with E-state index in [4.69, 9.17) is 0 Å². The average molecular weight is 318 g/mol. The maximum Gasteiger partial charge on any atom is 0.254 e. The van der Waals surface area contributed by atoms with E-state index in [1.165, 1.54) is 16.7 Å². The highest BCUT2D eigenvalue weighted by atomic mass is 16.2. The van der Waals surface area contributed by atoms with E-state index >= 15 is 0 Å². The van der Waals surface area contributed by atoms with Gasteiger partial charge < -0.3 is 4.90 Å². The number of hydrogen-bond donors (Lipinski definition) is 1. The monoisotopic (exact) mass is 318 g/mol. The van der Waals surface area contributed by atoms with Crippen molar-refractivity contribution >= 4 is 22.5 Å². The Morgan fingerprint density at radius 3 is 2.62 bits per heavy atom. The first-order chi connectivity index (χ1) is 11.7. The minimum Gasteiger partial charge on any atom is -0.335 e. The molecule has 1 amide bonds. The summed E-state index contributed by atoms with van der Waals surface area (Å²) in [6.07, 6.45) is 3.03. The first-order valence-electron chi connectivity index (χ1n) is 8.06. The van der Waals surface area contributed by atoms with Gasteiger partial charge in [0.25, 0.3) is 5.91 Å². The van der Waals surface area contributed by atoms with Crippen molar-refractivity contribution in [2.24, 2.45) is 0 Å². The standard InChI is InChI=1S/C19H18N4O/c1-13-2-4-14(5-3-13)15-8-10-23(11-9-15)19(24)16-6-7-17-18(12-16)21-22-20-17/h2-8,12H,9-11H2,1H3,(H,20,21,22). The highest BCUT2D eigenvalue weighted by Gasteiger charge is 2.19. The van der Waals surface area contributed by atoms with Crippen LogP contribution >= 0.6 is 0 Å². The van der Waals surface area contributed by atoms with Crippen LogP contribution in [0.5, 0.6) is 0 Å². The number of amides is 1. The molecule has 1 aromatic heterocycles. The molecule has 120 valence electrons. The molecule has 0 atom stereocenters. The molecule has 5 heteroatoms. The molecule has 2 aromatic carbocycles. The van der Waals surface area contributed by atoms with E-state index in [-0.39, 0.29) is 5.91 Å². The molecule has 1 N–H and O–H groups in total. The maximum atomic E-state index is 12.7. The Morgan fingerprint density at radius 2 is 1.88 bits per heavy atom. The number of hydrogen-bond acceptors (Lipinski definition) is 3. The molecule has 0 unspecified atom stereocenters. The topological polar surface area (TPSA) is 61.9 Å². The summed E-state index contributed by atoms with van der Waals surface area (Å²) in [4.78, 5) is 14.6. The van der Waals surface area contributed by atoms with Crippen LogP contribution in [0.4, 0.5) is 0 Å². The molecule has 24 heavy (non-hydrogen) atoms. The van der Waals surface area contributed by atoms with Gasteiger partial charge in [-0.3, -0.25) is 4.79 Å². The zero-order chi connectivity index (χ0) is 16.5. The summed E-state index contributed by atoms with van der Waals surface area (Å²) in [5.74, 6) is 0.0408. The van der Waals surface area contributed by atoms with Gasteiger partial charge >= 0.3 is 0 Å². The van der Waals surface area contributed by atoms with Crippen LogP contribution in [0.1, 0.15) is 27.9 Å². The summed E-state index contributed by atoms with van der Waals surface area (Å²) >= 11 is 0. The maximum absolute atomic E-state index is 12.7. The van der Waals surface area contributed by atoms with Gasteiger partial charge in [-0.1, -0.05) is 35.9 Å². The quantitative estimate of drug-likeness (QED) is 0.789. The lowest BCUT2D eigenvalue weighted by atomic mass is 9.98. The second kappa shape index (κ2) is 5.92. The van der Waals surface area contributed by atoms with Crippen molar-refractivity contribution in [1.29, 1.82) is 0 Å². The Hall–Kier alpha value is -2.95. The summed E-state index contributed by atoms with van der Waals surface area (Å²) in [5, 5.41) is 10.6. The smallest absolute Gasteiger partial charge is 0.254 e. The molecule has 0 aliphatic carbocycles. The number of aromatic nitrogens is 3. The molecule has 5 nitrogen and oxygen atoms in total. The number of aromatic amines is 1. The number of H-pyrrole nitrogens is 1. The van der Waals surface area contributed by atoms with Crippen LogP contribution in [-0.2, 0) is 0 Å². The fourth-order valence-corrected chi connectivity index (χ4v) is 3.04. The van der Waals surface area contributed by atoms with Crippen LogP contribution in [0.15, 0.2) is 48.5 Å².